The molecule has 2 atom stereocenters. The number of hydrogen-bond acceptors (Lipinski definition) is 4. The average molecular weight is 292 g/mol. The molecule has 4 heteroatoms. The van der Waals surface area contributed by atoms with Crippen LogP contribution in [0, 0.1) is 0 Å². The molecule has 1 aliphatic rings. The van der Waals surface area contributed by atoms with Gasteiger partial charge in [-0.3, -0.25) is 4.90 Å². The molecule has 1 saturated heterocycles. The summed E-state index contributed by atoms with van der Waals surface area (Å²) in [5, 5.41) is 3.66. The van der Waals surface area contributed by atoms with E-state index in [0.717, 1.165) is 32.7 Å². The van der Waals surface area contributed by atoms with Crippen molar-refractivity contribution in [2.75, 3.05) is 46.6 Å². The molecule has 21 heavy (non-hydrogen) atoms. The summed E-state index contributed by atoms with van der Waals surface area (Å²) >= 11 is 0. The highest BCUT2D eigenvalue weighted by Gasteiger charge is 2.24. The summed E-state index contributed by atoms with van der Waals surface area (Å²) in [6, 6.07) is 11.8. The molecule has 1 aromatic rings. The van der Waals surface area contributed by atoms with Gasteiger partial charge >= 0.3 is 0 Å². The van der Waals surface area contributed by atoms with Gasteiger partial charge in [0.2, 0.25) is 0 Å². The maximum Gasteiger partial charge on any atom is 0.0700 e. The summed E-state index contributed by atoms with van der Waals surface area (Å²) in [6.45, 7) is 7.56. The molecule has 2 rings (SSSR count). The minimum atomic E-state index is 0.530. The Morgan fingerprint density at radius 3 is 2.76 bits per heavy atom. The third-order valence-corrected chi connectivity index (χ3v) is 4.06. The van der Waals surface area contributed by atoms with Crippen molar-refractivity contribution in [2.24, 2.45) is 0 Å². The lowest BCUT2D eigenvalue weighted by molar-refractivity contribution is 0.0419. The zero-order chi connectivity index (χ0) is 14.9. The quantitative estimate of drug-likeness (QED) is 0.737. The number of hydrogen-bond donors (Lipinski definition) is 1. The van der Waals surface area contributed by atoms with Gasteiger partial charge in [-0.05, 0) is 18.9 Å². The van der Waals surface area contributed by atoms with Gasteiger partial charge < -0.3 is 14.8 Å². The molecular formula is C17H28N2O2. The summed E-state index contributed by atoms with van der Waals surface area (Å²) in [5.74, 6) is 0. The van der Waals surface area contributed by atoms with E-state index in [1.165, 1.54) is 5.56 Å². The summed E-state index contributed by atoms with van der Waals surface area (Å²) in [7, 11) is 1.70. The normalized spacial score (nSPS) is 23.3. The third kappa shape index (κ3) is 5.75. The molecule has 0 bridgehead atoms. The SMILES string of the molecule is COCCOCCN1CC(Cc2ccccc2)NCC1C. The van der Waals surface area contributed by atoms with Crippen molar-refractivity contribution in [1.82, 2.24) is 10.2 Å². The van der Waals surface area contributed by atoms with Crippen molar-refractivity contribution < 1.29 is 9.47 Å². The fraction of sp³-hybridized carbons (Fsp3) is 0.647. The third-order valence-electron chi connectivity index (χ3n) is 4.06. The molecule has 0 aromatic heterocycles. The number of piperazine rings is 1. The monoisotopic (exact) mass is 292 g/mol. The highest BCUT2D eigenvalue weighted by atomic mass is 16.5. The second-order valence-corrected chi connectivity index (χ2v) is 5.74. The Labute approximate surface area is 128 Å². The molecule has 4 nitrogen and oxygen atoms in total. The van der Waals surface area contributed by atoms with E-state index in [2.05, 4.69) is 47.5 Å². The van der Waals surface area contributed by atoms with Gasteiger partial charge in [0.1, 0.15) is 0 Å². The predicted molar refractivity (Wildman–Crippen MR) is 85.7 cm³/mol. The first-order valence-corrected chi connectivity index (χ1v) is 7.87. The van der Waals surface area contributed by atoms with Gasteiger partial charge in [0.25, 0.3) is 0 Å². The van der Waals surface area contributed by atoms with Gasteiger partial charge in [-0.15, -0.1) is 0 Å². The largest absolute Gasteiger partial charge is 0.382 e. The fourth-order valence-electron chi connectivity index (χ4n) is 2.77. The van der Waals surface area contributed by atoms with Crippen LogP contribution in [0.4, 0.5) is 0 Å². The zero-order valence-electron chi connectivity index (χ0n) is 13.3. The molecular weight excluding hydrogens is 264 g/mol. The van der Waals surface area contributed by atoms with Gasteiger partial charge in [-0.2, -0.15) is 0 Å². The molecule has 0 spiro atoms. The predicted octanol–water partition coefficient (Wildman–Crippen LogP) is 1.55. The standard InChI is InChI=1S/C17H28N2O2/c1-15-13-18-17(12-16-6-4-3-5-7-16)14-19(15)8-9-21-11-10-20-2/h3-7,15,17-18H,8-14H2,1-2H3. The zero-order valence-corrected chi connectivity index (χ0v) is 13.3. The van der Waals surface area contributed by atoms with Crippen molar-refractivity contribution in [1.29, 1.82) is 0 Å². The number of ether oxygens (including phenoxy) is 2. The molecule has 0 aliphatic carbocycles. The maximum atomic E-state index is 5.59. The van der Waals surface area contributed by atoms with E-state index in [4.69, 9.17) is 9.47 Å². The Balaban J connectivity index is 1.73. The molecule has 0 radical (unpaired) electrons. The van der Waals surface area contributed by atoms with Crippen LogP contribution in [0.1, 0.15) is 12.5 Å². The lowest BCUT2D eigenvalue weighted by Crippen LogP contribution is -2.56. The molecule has 0 saturated carbocycles. The number of rotatable bonds is 8. The average Bonchev–Trinajstić information content (AvgIpc) is 2.51. The van der Waals surface area contributed by atoms with Crippen molar-refractivity contribution in [3.63, 3.8) is 0 Å². The molecule has 1 heterocycles. The number of benzene rings is 1. The number of nitrogens with zero attached hydrogens (tertiary/aromatic N) is 1. The summed E-state index contributed by atoms with van der Waals surface area (Å²) in [5.41, 5.74) is 1.40. The van der Waals surface area contributed by atoms with Crippen molar-refractivity contribution >= 4 is 0 Å². The van der Waals surface area contributed by atoms with Gasteiger partial charge in [-0.1, -0.05) is 30.3 Å². The van der Waals surface area contributed by atoms with Crippen LogP contribution in [0.25, 0.3) is 0 Å². The lowest BCUT2D eigenvalue weighted by atomic mass is 10.0. The van der Waals surface area contributed by atoms with Crippen LogP contribution >= 0.6 is 0 Å². The second kappa shape index (κ2) is 9.15. The Hall–Kier alpha value is -0.940. The van der Waals surface area contributed by atoms with E-state index < -0.39 is 0 Å². The molecule has 118 valence electrons. The van der Waals surface area contributed by atoms with Crippen LogP contribution in [0.15, 0.2) is 30.3 Å². The van der Waals surface area contributed by atoms with E-state index in [1.54, 1.807) is 7.11 Å². The van der Waals surface area contributed by atoms with Gasteiger partial charge in [0.05, 0.1) is 19.8 Å². The first-order chi connectivity index (χ1) is 10.3. The molecule has 0 amide bonds. The second-order valence-electron chi connectivity index (χ2n) is 5.74. The van der Waals surface area contributed by atoms with Crippen LogP contribution in [0.5, 0.6) is 0 Å². The lowest BCUT2D eigenvalue weighted by Gasteiger charge is -2.38. The molecule has 1 N–H and O–H groups in total. The van der Waals surface area contributed by atoms with Crippen LogP contribution in [-0.2, 0) is 15.9 Å². The Morgan fingerprint density at radius 1 is 1.19 bits per heavy atom. The van der Waals surface area contributed by atoms with E-state index in [-0.39, 0.29) is 0 Å². The molecule has 2 unspecified atom stereocenters. The van der Waals surface area contributed by atoms with E-state index >= 15 is 0 Å². The highest BCUT2D eigenvalue weighted by Crippen LogP contribution is 2.11. The highest BCUT2D eigenvalue weighted by molar-refractivity contribution is 5.16. The van der Waals surface area contributed by atoms with Gasteiger partial charge in [0.15, 0.2) is 0 Å². The minimum Gasteiger partial charge on any atom is -0.382 e. The van der Waals surface area contributed by atoms with Crippen LogP contribution in [0.3, 0.4) is 0 Å². The molecule has 1 fully saturated rings. The fourth-order valence-corrected chi connectivity index (χ4v) is 2.77. The summed E-state index contributed by atoms with van der Waals surface area (Å²) in [4.78, 5) is 2.52. The van der Waals surface area contributed by atoms with Crippen LogP contribution < -0.4 is 5.32 Å². The Bertz CT molecular complexity index is 386. The Morgan fingerprint density at radius 2 is 2.00 bits per heavy atom. The number of methoxy groups -OCH3 is 1. The van der Waals surface area contributed by atoms with Gasteiger partial charge in [-0.25, -0.2) is 0 Å². The van der Waals surface area contributed by atoms with Crippen molar-refractivity contribution in [3.05, 3.63) is 35.9 Å². The van der Waals surface area contributed by atoms with Gasteiger partial charge in [0, 0.05) is 38.8 Å². The summed E-state index contributed by atoms with van der Waals surface area (Å²) < 4.78 is 10.6. The van der Waals surface area contributed by atoms with E-state index in [0.29, 0.717) is 25.3 Å². The Kier molecular flexibility index (Phi) is 7.16. The van der Waals surface area contributed by atoms with Crippen LogP contribution in [-0.4, -0.2) is 63.5 Å². The first-order valence-electron chi connectivity index (χ1n) is 7.87. The van der Waals surface area contributed by atoms with Crippen molar-refractivity contribution in [3.8, 4) is 0 Å². The maximum absolute atomic E-state index is 5.59. The summed E-state index contributed by atoms with van der Waals surface area (Å²) in [6.07, 6.45) is 1.09. The van der Waals surface area contributed by atoms with E-state index in [9.17, 15) is 0 Å². The van der Waals surface area contributed by atoms with Crippen molar-refractivity contribution in [2.45, 2.75) is 25.4 Å². The van der Waals surface area contributed by atoms with E-state index in [1.807, 2.05) is 0 Å². The smallest absolute Gasteiger partial charge is 0.0700 e. The number of nitrogens with one attached hydrogen (secondary N) is 1. The molecule has 1 aromatic carbocycles. The minimum absolute atomic E-state index is 0.530. The first kappa shape index (κ1) is 16.4. The molecule has 1 aliphatic heterocycles. The van der Waals surface area contributed by atoms with Crippen LogP contribution in [0.2, 0.25) is 0 Å². The topological polar surface area (TPSA) is 33.7 Å².